The quantitative estimate of drug-likeness (QED) is 0.406. The van der Waals surface area contributed by atoms with E-state index in [-0.39, 0.29) is 30.3 Å². The molecule has 1 aromatic heterocycles. The Morgan fingerprint density at radius 3 is 2.49 bits per heavy atom. The highest BCUT2D eigenvalue weighted by atomic mass is 32.1. The average molecular weight is 500 g/mol. The number of ether oxygens (including phenoxy) is 1. The van der Waals surface area contributed by atoms with E-state index in [2.05, 4.69) is 17.6 Å². The molecule has 0 radical (unpaired) electrons. The third-order valence-electron chi connectivity index (χ3n) is 6.32. The van der Waals surface area contributed by atoms with Gasteiger partial charge in [0.15, 0.2) is 0 Å². The summed E-state index contributed by atoms with van der Waals surface area (Å²) in [5.74, 6) is -0.755. The maximum Gasteiger partial charge on any atom is 0.261 e. The van der Waals surface area contributed by atoms with E-state index in [0.29, 0.717) is 31.1 Å². The van der Waals surface area contributed by atoms with Gasteiger partial charge in [-0.3, -0.25) is 14.4 Å². The van der Waals surface area contributed by atoms with Gasteiger partial charge in [0.1, 0.15) is 6.04 Å². The van der Waals surface area contributed by atoms with Gasteiger partial charge >= 0.3 is 0 Å². The number of hydrogen-bond acceptors (Lipinski definition) is 5. The summed E-state index contributed by atoms with van der Waals surface area (Å²) in [5, 5.41) is 7.72. The number of hydrogen-bond donors (Lipinski definition) is 2. The van der Waals surface area contributed by atoms with Crippen LogP contribution in [0.25, 0.3) is 0 Å². The Morgan fingerprint density at radius 1 is 1.11 bits per heavy atom. The first-order valence-electron chi connectivity index (χ1n) is 12.6. The molecule has 35 heavy (non-hydrogen) atoms. The zero-order valence-electron chi connectivity index (χ0n) is 20.8. The fraction of sp³-hybridized carbons (Fsp3) is 0.519. The van der Waals surface area contributed by atoms with Crippen molar-refractivity contribution in [2.24, 2.45) is 0 Å². The van der Waals surface area contributed by atoms with Crippen molar-refractivity contribution in [1.29, 1.82) is 0 Å². The predicted molar refractivity (Wildman–Crippen MR) is 138 cm³/mol. The van der Waals surface area contributed by atoms with Gasteiger partial charge in [-0.25, -0.2) is 0 Å². The van der Waals surface area contributed by atoms with Crippen molar-refractivity contribution < 1.29 is 19.1 Å². The largest absolute Gasteiger partial charge is 0.382 e. The lowest BCUT2D eigenvalue weighted by Crippen LogP contribution is -2.49. The summed E-state index contributed by atoms with van der Waals surface area (Å²) < 4.78 is 5.49. The van der Waals surface area contributed by atoms with Crippen LogP contribution in [0, 0.1) is 0 Å². The summed E-state index contributed by atoms with van der Waals surface area (Å²) in [6, 6.07) is 10.8. The van der Waals surface area contributed by atoms with Gasteiger partial charge in [-0.05, 0) is 55.2 Å². The van der Waals surface area contributed by atoms with E-state index in [1.165, 1.54) is 16.9 Å². The third-order valence-corrected chi connectivity index (χ3v) is 7.19. The summed E-state index contributed by atoms with van der Waals surface area (Å²) in [5.41, 5.74) is 1.94. The summed E-state index contributed by atoms with van der Waals surface area (Å²) in [6.45, 7) is 5.27. The van der Waals surface area contributed by atoms with Gasteiger partial charge in [-0.1, -0.05) is 50.1 Å². The van der Waals surface area contributed by atoms with E-state index in [1.54, 1.807) is 17.0 Å². The van der Waals surface area contributed by atoms with Crippen molar-refractivity contribution >= 4 is 29.1 Å². The molecule has 2 N–H and O–H groups in total. The van der Waals surface area contributed by atoms with Crippen LogP contribution in [-0.2, 0) is 20.7 Å². The molecule has 8 heteroatoms. The number of benzene rings is 1. The molecular formula is C27H37N3O4S. The average Bonchev–Trinajstić information content (AvgIpc) is 3.59. The van der Waals surface area contributed by atoms with Gasteiger partial charge in [-0.2, -0.15) is 0 Å². The minimum Gasteiger partial charge on any atom is -0.382 e. The van der Waals surface area contributed by atoms with E-state index < -0.39 is 6.04 Å². The molecule has 1 atom stereocenters. The number of rotatable bonds is 13. The molecule has 0 unspecified atom stereocenters. The minimum atomic E-state index is -0.769. The summed E-state index contributed by atoms with van der Waals surface area (Å²) >= 11 is 1.32. The van der Waals surface area contributed by atoms with Crippen LogP contribution in [0.3, 0.4) is 0 Å². The van der Waals surface area contributed by atoms with E-state index in [0.717, 1.165) is 37.7 Å². The lowest BCUT2D eigenvalue weighted by atomic mass is 10.0. The van der Waals surface area contributed by atoms with Crippen LogP contribution in [-0.4, -0.2) is 55.0 Å². The first kappa shape index (κ1) is 26.9. The Morgan fingerprint density at radius 2 is 1.86 bits per heavy atom. The Balaban J connectivity index is 1.82. The van der Waals surface area contributed by atoms with Gasteiger partial charge in [-0.15, -0.1) is 11.3 Å². The van der Waals surface area contributed by atoms with Crippen LogP contribution in [0.15, 0.2) is 41.8 Å². The number of aryl methyl sites for hydroxylation is 1. The number of nitrogens with zero attached hydrogens (tertiary/aromatic N) is 1. The molecule has 1 aromatic carbocycles. The molecule has 0 saturated heterocycles. The number of carbonyl (C=O) groups is 3. The molecule has 1 aliphatic rings. The second-order valence-corrected chi connectivity index (χ2v) is 9.73. The zero-order chi connectivity index (χ0) is 25.0. The fourth-order valence-electron chi connectivity index (χ4n) is 4.39. The standard InChI is InChI=1S/C27H37N3O4S/c1-3-20-12-14-21(15-13-20)25(27(33)29-22-9-5-6-10-22)30(16-8-17-34-4-2)24(31)19-28-26(32)23-11-7-18-35-23/h7,11-15,18,22,25H,3-6,8-10,16-17,19H2,1-2H3,(H,28,32)(H,29,33)/t25-/m0/s1. The maximum absolute atomic E-state index is 13.6. The van der Waals surface area contributed by atoms with Crippen LogP contribution in [0.1, 0.15) is 72.8 Å². The molecule has 0 bridgehead atoms. The normalized spacial score (nSPS) is 14.5. The first-order chi connectivity index (χ1) is 17.0. The molecule has 1 fully saturated rings. The Kier molecular flexibility index (Phi) is 10.8. The van der Waals surface area contributed by atoms with Crippen molar-refractivity contribution in [3.8, 4) is 0 Å². The van der Waals surface area contributed by atoms with Crippen LogP contribution < -0.4 is 10.6 Å². The summed E-state index contributed by atoms with van der Waals surface area (Å²) in [7, 11) is 0. The first-order valence-corrected chi connectivity index (χ1v) is 13.5. The smallest absolute Gasteiger partial charge is 0.261 e. The second-order valence-electron chi connectivity index (χ2n) is 8.79. The molecule has 2 aromatic rings. The number of nitrogens with one attached hydrogen (secondary N) is 2. The predicted octanol–water partition coefficient (Wildman–Crippen LogP) is 4.10. The monoisotopic (exact) mass is 499 g/mol. The summed E-state index contributed by atoms with van der Waals surface area (Å²) in [6.07, 6.45) is 5.62. The SMILES string of the molecule is CCOCCCN(C(=O)CNC(=O)c1cccs1)[C@H](C(=O)NC1CCCC1)c1ccc(CC)cc1. The van der Waals surface area contributed by atoms with Crippen LogP contribution in [0.5, 0.6) is 0 Å². The van der Waals surface area contributed by atoms with Crippen molar-refractivity contribution in [2.75, 3.05) is 26.3 Å². The van der Waals surface area contributed by atoms with Gasteiger partial charge in [0.05, 0.1) is 11.4 Å². The molecule has 190 valence electrons. The molecule has 1 aliphatic carbocycles. The Labute approximate surface area is 212 Å². The lowest BCUT2D eigenvalue weighted by molar-refractivity contribution is -0.140. The zero-order valence-corrected chi connectivity index (χ0v) is 21.6. The van der Waals surface area contributed by atoms with Gasteiger partial charge in [0.2, 0.25) is 11.8 Å². The van der Waals surface area contributed by atoms with Crippen molar-refractivity contribution in [2.45, 2.75) is 64.5 Å². The molecule has 1 saturated carbocycles. The van der Waals surface area contributed by atoms with Crippen LogP contribution in [0.2, 0.25) is 0 Å². The molecule has 0 aliphatic heterocycles. The van der Waals surface area contributed by atoms with Crippen LogP contribution in [0.4, 0.5) is 0 Å². The summed E-state index contributed by atoms with van der Waals surface area (Å²) in [4.78, 5) is 41.6. The molecular weight excluding hydrogens is 462 g/mol. The van der Waals surface area contributed by atoms with Crippen molar-refractivity contribution in [3.05, 3.63) is 57.8 Å². The minimum absolute atomic E-state index is 0.138. The maximum atomic E-state index is 13.6. The highest BCUT2D eigenvalue weighted by molar-refractivity contribution is 7.12. The highest BCUT2D eigenvalue weighted by Gasteiger charge is 2.33. The second kappa shape index (κ2) is 14.0. The topological polar surface area (TPSA) is 87.7 Å². The number of thiophene rings is 1. The van der Waals surface area contributed by atoms with E-state index in [4.69, 9.17) is 4.74 Å². The molecule has 7 nitrogen and oxygen atoms in total. The van der Waals surface area contributed by atoms with E-state index >= 15 is 0 Å². The van der Waals surface area contributed by atoms with Gasteiger partial charge < -0.3 is 20.3 Å². The van der Waals surface area contributed by atoms with E-state index in [1.807, 2.05) is 36.6 Å². The number of carbonyl (C=O) groups excluding carboxylic acids is 3. The highest BCUT2D eigenvalue weighted by Crippen LogP contribution is 2.25. The van der Waals surface area contributed by atoms with Crippen molar-refractivity contribution in [3.63, 3.8) is 0 Å². The Hall–Kier alpha value is -2.71. The van der Waals surface area contributed by atoms with Crippen LogP contribution >= 0.6 is 11.3 Å². The van der Waals surface area contributed by atoms with E-state index in [9.17, 15) is 14.4 Å². The third kappa shape index (κ3) is 7.90. The van der Waals surface area contributed by atoms with Gasteiger partial charge in [0.25, 0.3) is 5.91 Å². The molecule has 1 heterocycles. The van der Waals surface area contributed by atoms with Crippen molar-refractivity contribution in [1.82, 2.24) is 15.5 Å². The molecule has 3 rings (SSSR count). The fourth-order valence-corrected chi connectivity index (χ4v) is 5.03. The lowest BCUT2D eigenvalue weighted by Gasteiger charge is -2.32. The molecule has 0 spiro atoms. The number of amides is 3. The molecule has 3 amide bonds. The Bertz CT molecular complexity index is 940. The van der Waals surface area contributed by atoms with Gasteiger partial charge in [0, 0.05) is 25.8 Å².